The van der Waals surface area contributed by atoms with Gasteiger partial charge in [0.2, 0.25) is 22.7 Å². The van der Waals surface area contributed by atoms with Crippen LogP contribution in [0.5, 0.6) is 11.5 Å². The van der Waals surface area contributed by atoms with Crippen LogP contribution in [-0.4, -0.2) is 42.9 Å². The molecule has 2 heterocycles. The van der Waals surface area contributed by atoms with Crippen molar-refractivity contribution >= 4 is 15.9 Å². The molecule has 0 fully saturated rings. The highest BCUT2D eigenvalue weighted by atomic mass is 32.2. The molecular formula is C24H26N2O6S. The second-order valence-electron chi connectivity index (χ2n) is 7.97. The number of sulfonamides is 1. The highest BCUT2D eigenvalue weighted by molar-refractivity contribution is 7.89. The summed E-state index contributed by atoms with van der Waals surface area (Å²) in [5.41, 5.74) is 0.834. The summed E-state index contributed by atoms with van der Waals surface area (Å²) in [6.45, 7) is 3.84. The molecule has 0 aliphatic carbocycles. The Morgan fingerprint density at radius 1 is 0.970 bits per heavy atom. The summed E-state index contributed by atoms with van der Waals surface area (Å²) >= 11 is 0. The van der Waals surface area contributed by atoms with Crippen LogP contribution in [0.3, 0.4) is 0 Å². The topological polar surface area (TPSA) is 89.3 Å². The van der Waals surface area contributed by atoms with Gasteiger partial charge in [0.25, 0.3) is 0 Å². The van der Waals surface area contributed by atoms with E-state index in [0.717, 1.165) is 5.56 Å². The Morgan fingerprint density at radius 3 is 2.42 bits per heavy atom. The molecule has 0 bridgehead atoms. The first-order valence-corrected chi connectivity index (χ1v) is 12.0. The van der Waals surface area contributed by atoms with Crippen LogP contribution in [0, 0.1) is 0 Å². The van der Waals surface area contributed by atoms with Crippen LogP contribution in [0.4, 0.5) is 0 Å². The number of hydrogen-bond acceptors (Lipinski definition) is 6. The van der Waals surface area contributed by atoms with Gasteiger partial charge in [-0.05, 0) is 55.8 Å². The van der Waals surface area contributed by atoms with Crippen molar-refractivity contribution < 1.29 is 27.1 Å². The highest BCUT2D eigenvalue weighted by Gasteiger charge is 2.31. The lowest BCUT2D eigenvalue weighted by atomic mass is 10.2. The van der Waals surface area contributed by atoms with Crippen LogP contribution in [0.1, 0.15) is 25.2 Å². The average molecular weight is 471 g/mol. The smallest absolute Gasteiger partial charge is 0.243 e. The molecule has 0 atom stereocenters. The van der Waals surface area contributed by atoms with Crippen molar-refractivity contribution in [2.45, 2.75) is 37.9 Å². The zero-order valence-electron chi connectivity index (χ0n) is 18.5. The molecule has 4 rings (SSSR count). The molecule has 0 radical (unpaired) electrons. The number of carbonyl (C=O) groups is 1. The summed E-state index contributed by atoms with van der Waals surface area (Å²) in [7, 11) is -3.85. The number of hydrogen-bond donors (Lipinski definition) is 0. The maximum absolute atomic E-state index is 13.4. The van der Waals surface area contributed by atoms with E-state index in [4.69, 9.17) is 13.9 Å². The van der Waals surface area contributed by atoms with E-state index >= 15 is 0 Å². The molecule has 0 saturated heterocycles. The van der Waals surface area contributed by atoms with Gasteiger partial charge in [0.05, 0.1) is 24.2 Å². The van der Waals surface area contributed by atoms with Crippen molar-refractivity contribution in [1.29, 1.82) is 0 Å². The van der Waals surface area contributed by atoms with Crippen molar-refractivity contribution in [3.05, 3.63) is 78.3 Å². The summed E-state index contributed by atoms with van der Waals surface area (Å²) in [5.74, 6) is 1.54. The summed E-state index contributed by atoms with van der Waals surface area (Å²) in [6, 6.07) is 16.7. The van der Waals surface area contributed by atoms with Gasteiger partial charge in [0.1, 0.15) is 5.76 Å². The third-order valence-corrected chi connectivity index (χ3v) is 7.34. The van der Waals surface area contributed by atoms with Gasteiger partial charge < -0.3 is 18.8 Å². The number of nitrogens with zero attached hydrogens (tertiary/aromatic N) is 2. The first-order valence-electron chi connectivity index (χ1n) is 10.6. The minimum atomic E-state index is -3.85. The summed E-state index contributed by atoms with van der Waals surface area (Å²) < 4.78 is 44.0. The van der Waals surface area contributed by atoms with Crippen LogP contribution >= 0.6 is 0 Å². The van der Waals surface area contributed by atoms with Crippen molar-refractivity contribution in [2.75, 3.05) is 13.3 Å². The lowest BCUT2D eigenvalue weighted by Gasteiger charge is -2.29. The largest absolute Gasteiger partial charge is 0.467 e. The minimum absolute atomic E-state index is 0.153. The van der Waals surface area contributed by atoms with Gasteiger partial charge in [-0.25, -0.2) is 8.42 Å². The summed E-state index contributed by atoms with van der Waals surface area (Å²) in [5, 5.41) is 0. The first-order chi connectivity index (χ1) is 15.8. The summed E-state index contributed by atoms with van der Waals surface area (Å²) in [4.78, 5) is 15.2. The second-order valence-corrected chi connectivity index (χ2v) is 9.86. The van der Waals surface area contributed by atoms with E-state index in [0.29, 0.717) is 17.3 Å². The van der Waals surface area contributed by atoms with Gasteiger partial charge in [0, 0.05) is 12.6 Å². The molecule has 1 aromatic heterocycles. The number of benzene rings is 2. The van der Waals surface area contributed by atoms with Crippen LogP contribution in [-0.2, 0) is 27.9 Å². The van der Waals surface area contributed by atoms with Crippen LogP contribution in [0.25, 0.3) is 0 Å². The Labute approximate surface area is 193 Å². The van der Waals surface area contributed by atoms with Crippen LogP contribution in [0.2, 0.25) is 0 Å². The molecule has 9 heteroatoms. The van der Waals surface area contributed by atoms with E-state index in [2.05, 4.69) is 0 Å². The van der Waals surface area contributed by atoms with Gasteiger partial charge in [-0.15, -0.1) is 0 Å². The Bertz CT molecular complexity index is 1190. The Kier molecular flexibility index (Phi) is 6.71. The normalized spacial score (nSPS) is 13.0. The Hall–Kier alpha value is -3.30. The van der Waals surface area contributed by atoms with Gasteiger partial charge in [-0.3, -0.25) is 4.79 Å². The fraction of sp³-hybridized carbons (Fsp3) is 0.292. The fourth-order valence-corrected chi connectivity index (χ4v) is 5.20. The molecule has 3 aromatic rings. The predicted molar refractivity (Wildman–Crippen MR) is 121 cm³/mol. The molecule has 0 N–H and O–H groups in total. The highest BCUT2D eigenvalue weighted by Crippen LogP contribution is 2.33. The van der Waals surface area contributed by atoms with Gasteiger partial charge >= 0.3 is 0 Å². The van der Waals surface area contributed by atoms with Crippen molar-refractivity contribution in [2.24, 2.45) is 0 Å². The van der Waals surface area contributed by atoms with Crippen LogP contribution in [0.15, 0.2) is 76.2 Å². The van der Waals surface area contributed by atoms with E-state index in [1.54, 1.807) is 61.4 Å². The molecule has 33 heavy (non-hydrogen) atoms. The first kappa shape index (κ1) is 22.9. The number of furan rings is 1. The maximum atomic E-state index is 13.4. The van der Waals surface area contributed by atoms with E-state index in [1.165, 1.54) is 16.4 Å². The molecule has 2 aromatic carbocycles. The molecule has 0 unspecified atom stereocenters. The lowest BCUT2D eigenvalue weighted by Crippen LogP contribution is -2.45. The standard InChI is InChI=1S/C24H26N2O6S/c1-18(2)26(33(28,29)21-8-4-3-5-9-21)16-24(27)25(15-20-7-6-12-30-20)14-19-10-11-22-23(13-19)32-17-31-22/h3-13,18H,14-17H2,1-2H3. The SMILES string of the molecule is CC(C)N(CC(=O)N(Cc1ccc2c(c1)OCO2)Cc1ccco1)S(=O)(=O)c1ccccc1. The Morgan fingerprint density at radius 2 is 1.73 bits per heavy atom. The van der Waals surface area contributed by atoms with E-state index < -0.39 is 16.1 Å². The molecule has 0 saturated carbocycles. The number of ether oxygens (including phenoxy) is 2. The van der Waals surface area contributed by atoms with Crippen LogP contribution < -0.4 is 9.47 Å². The maximum Gasteiger partial charge on any atom is 0.243 e. The fourth-order valence-electron chi connectivity index (χ4n) is 3.59. The van der Waals surface area contributed by atoms with Gasteiger partial charge in [0.15, 0.2) is 11.5 Å². The van der Waals surface area contributed by atoms with Crippen molar-refractivity contribution in [1.82, 2.24) is 9.21 Å². The van der Waals surface area contributed by atoms with Gasteiger partial charge in [-0.2, -0.15) is 4.31 Å². The number of fused-ring (bicyclic) bond motifs is 1. The lowest BCUT2D eigenvalue weighted by molar-refractivity contribution is -0.133. The second kappa shape index (κ2) is 9.68. The molecule has 1 amide bonds. The quantitative estimate of drug-likeness (QED) is 0.474. The van der Waals surface area contributed by atoms with E-state index in [-0.39, 0.29) is 37.2 Å². The van der Waals surface area contributed by atoms with Crippen molar-refractivity contribution in [3.63, 3.8) is 0 Å². The Balaban J connectivity index is 1.58. The molecule has 1 aliphatic rings. The third kappa shape index (κ3) is 5.20. The monoisotopic (exact) mass is 470 g/mol. The molecule has 0 spiro atoms. The number of carbonyl (C=O) groups excluding carboxylic acids is 1. The molecule has 1 aliphatic heterocycles. The van der Waals surface area contributed by atoms with Crippen molar-refractivity contribution in [3.8, 4) is 11.5 Å². The number of rotatable bonds is 9. The number of amides is 1. The average Bonchev–Trinajstić information content (AvgIpc) is 3.48. The van der Waals surface area contributed by atoms with E-state index in [9.17, 15) is 13.2 Å². The zero-order valence-corrected chi connectivity index (χ0v) is 19.3. The molecule has 174 valence electrons. The van der Waals surface area contributed by atoms with E-state index in [1.807, 2.05) is 12.1 Å². The minimum Gasteiger partial charge on any atom is -0.467 e. The summed E-state index contributed by atoms with van der Waals surface area (Å²) in [6.07, 6.45) is 1.54. The zero-order chi connectivity index (χ0) is 23.4. The third-order valence-electron chi connectivity index (χ3n) is 5.31. The molecular weight excluding hydrogens is 444 g/mol. The molecule has 8 nitrogen and oxygen atoms in total. The van der Waals surface area contributed by atoms with Gasteiger partial charge in [-0.1, -0.05) is 24.3 Å². The predicted octanol–water partition coefficient (Wildman–Crippen LogP) is 3.64.